The summed E-state index contributed by atoms with van der Waals surface area (Å²) in [5.74, 6) is -1.53. The first-order valence-electron chi connectivity index (χ1n) is 2.69. The Morgan fingerprint density at radius 2 is 2.09 bits per heavy atom. The molecule has 0 bridgehead atoms. The van der Waals surface area contributed by atoms with Crippen molar-refractivity contribution in [2.75, 3.05) is 7.11 Å². The van der Waals surface area contributed by atoms with E-state index < -0.39 is 24.7 Å². The molecule has 6 heteroatoms. The third kappa shape index (κ3) is 3.82. The Labute approximate surface area is 60.8 Å². The van der Waals surface area contributed by atoms with Gasteiger partial charge in [0.1, 0.15) is 0 Å². The predicted molar refractivity (Wildman–Crippen MR) is 29.1 cm³/mol. The summed E-state index contributed by atoms with van der Waals surface area (Å²) in [6, 6.07) is 0. The molecule has 1 N–H and O–H groups in total. The van der Waals surface area contributed by atoms with Gasteiger partial charge in [-0.15, -0.1) is 0 Å². The van der Waals surface area contributed by atoms with Gasteiger partial charge in [0, 0.05) is 7.11 Å². The minimum atomic E-state index is -4.60. The number of carboxylic acid groups (broad SMARTS) is 1. The van der Waals surface area contributed by atoms with Gasteiger partial charge in [-0.2, -0.15) is 13.2 Å². The standard InChI is InChI=1S/C5H7F3O3/c1-11-3(2-4(9)10)5(6,7)8/h3H,2H2,1H3,(H,9,10)/t3-/m0/s1. The van der Waals surface area contributed by atoms with E-state index in [1.165, 1.54) is 0 Å². The smallest absolute Gasteiger partial charge is 0.415 e. The van der Waals surface area contributed by atoms with Crippen molar-refractivity contribution in [3.8, 4) is 0 Å². The Morgan fingerprint density at radius 3 is 2.18 bits per heavy atom. The van der Waals surface area contributed by atoms with Gasteiger partial charge in [-0.05, 0) is 0 Å². The number of halogens is 3. The molecule has 0 saturated carbocycles. The fourth-order valence-electron chi connectivity index (χ4n) is 0.491. The largest absolute Gasteiger partial charge is 0.481 e. The van der Waals surface area contributed by atoms with Crippen LogP contribution in [-0.4, -0.2) is 30.5 Å². The molecule has 11 heavy (non-hydrogen) atoms. The number of carbonyl (C=O) groups is 1. The fourth-order valence-corrected chi connectivity index (χ4v) is 0.491. The van der Waals surface area contributed by atoms with Crippen LogP contribution in [0.4, 0.5) is 13.2 Å². The van der Waals surface area contributed by atoms with E-state index in [0.717, 1.165) is 7.11 Å². The molecular formula is C5H7F3O3. The molecule has 0 fully saturated rings. The average molecular weight is 172 g/mol. The molecule has 0 unspecified atom stereocenters. The molecule has 0 saturated heterocycles. The first-order chi connectivity index (χ1) is 4.88. The van der Waals surface area contributed by atoms with Gasteiger partial charge in [-0.25, -0.2) is 0 Å². The number of hydrogen-bond donors (Lipinski definition) is 1. The van der Waals surface area contributed by atoms with E-state index >= 15 is 0 Å². The molecule has 0 spiro atoms. The van der Waals surface area contributed by atoms with Crippen LogP contribution in [0.3, 0.4) is 0 Å². The second-order valence-corrected chi connectivity index (χ2v) is 1.86. The van der Waals surface area contributed by atoms with Crippen molar-refractivity contribution in [2.24, 2.45) is 0 Å². The van der Waals surface area contributed by atoms with Crippen molar-refractivity contribution >= 4 is 5.97 Å². The Morgan fingerprint density at radius 1 is 1.64 bits per heavy atom. The molecule has 0 aromatic carbocycles. The molecule has 3 nitrogen and oxygen atoms in total. The Bertz CT molecular complexity index is 142. The van der Waals surface area contributed by atoms with Crippen LogP contribution in [0.15, 0.2) is 0 Å². The first-order valence-corrected chi connectivity index (χ1v) is 2.69. The Balaban J connectivity index is 4.07. The van der Waals surface area contributed by atoms with Gasteiger partial charge in [0.15, 0.2) is 6.10 Å². The van der Waals surface area contributed by atoms with E-state index in [4.69, 9.17) is 5.11 Å². The minimum Gasteiger partial charge on any atom is -0.481 e. The number of alkyl halides is 3. The fraction of sp³-hybridized carbons (Fsp3) is 0.800. The third-order valence-electron chi connectivity index (χ3n) is 1.01. The summed E-state index contributed by atoms with van der Waals surface area (Å²) in [6.45, 7) is 0. The van der Waals surface area contributed by atoms with E-state index in [1.54, 1.807) is 0 Å². The van der Waals surface area contributed by atoms with Crippen molar-refractivity contribution in [2.45, 2.75) is 18.7 Å². The lowest BCUT2D eigenvalue weighted by Crippen LogP contribution is -2.32. The molecule has 0 rings (SSSR count). The van der Waals surface area contributed by atoms with E-state index in [0.29, 0.717) is 0 Å². The van der Waals surface area contributed by atoms with Crippen LogP contribution < -0.4 is 0 Å². The van der Waals surface area contributed by atoms with Gasteiger partial charge >= 0.3 is 12.1 Å². The van der Waals surface area contributed by atoms with Crippen LogP contribution in [0.2, 0.25) is 0 Å². The monoisotopic (exact) mass is 172 g/mol. The second-order valence-electron chi connectivity index (χ2n) is 1.86. The van der Waals surface area contributed by atoms with Crippen molar-refractivity contribution in [1.29, 1.82) is 0 Å². The number of aliphatic carboxylic acids is 1. The van der Waals surface area contributed by atoms with Crippen LogP contribution in [0, 0.1) is 0 Å². The first kappa shape index (κ1) is 10.2. The molecule has 66 valence electrons. The summed E-state index contributed by atoms with van der Waals surface area (Å²) in [5, 5.41) is 8.00. The van der Waals surface area contributed by atoms with Crippen molar-refractivity contribution in [3.05, 3.63) is 0 Å². The maximum absolute atomic E-state index is 11.7. The van der Waals surface area contributed by atoms with Gasteiger partial charge in [0.05, 0.1) is 6.42 Å². The second kappa shape index (κ2) is 3.56. The highest BCUT2D eigenvalue weighted by Gasteiger charge is 2.41. The van der Waals surface area contributed by atoms with Gasteiger partial charge in [-0.3, -0.25) is 4.79 Å². The van der Waals surface area contributed by atoms with Crippen LogP contribution in [0.1, 0.15) is 6.42 Å². The highest BCUT2D eigenvalue weighted by atomic mass is 19.4. The van der Waals surface area contributed by atoms with Crippen molar-refractivity contribution in [1.82, 2.24) is 0 Å². The molecule has 0 aliphatic rings. The van der Waals surface area contributed by atoms with Crippen molar-refractivity contribution < 1.29 is 27.8 Å². The number of methoxy groups -OCH3 is 1. The van der Waals surface area contributed by atoms with Crippen LogP contribution in [-0.2, 0) is 9.53 Å². The molecule has 1 atom stereocenters. The summed E-state index contributed by atoms with van der Waals surface area (Å²) in [7, 11) is 0.821. The average Bonchev–Trinajstić information content (AvgIpc) is 1.79. The summed E-state index contributed by atoms with van der Waals surface area (Å²) < 4.78 is 39.0. The molecule has 0 aliphatic heterocycles. The molecule has 0 amide bonds. The molecular weight excluding hydrogens is 165 g/mol. The summed E-state index contributed by atoms with van der Waals surface area (Å²) >= 11 is 0. The normalized spacial score (nSPS) is 14.5. The van der Waals surface area contributed by atoms with Gasteiger partial charge in [-0.1, -0.05) is 0 Å². The van der Waals surface area contributed by atoms with Crippen LogP contribution >= 0.6 is 0 Å². The number of hydrogen-bond acceptors (Lipinski definition) is 2. The zero-order valence-corrected chi connectivity index (χ0v) is 5.68. The maximum atomic E-state index is 11.7. The van der Waals surface area contributed by atoms with Crippen molar-refractivity contribution in [3.63, 3.8) is 0 Å². The highest BCUT2D eigenvalue weighted by molar-refractivity contribution is 5.67. The SMILES string of the molecule is CO[C@@H](CC(=O)O)C(F)(F)F. The maximum Gasteiger partial charge on any atom is 0.415 e. The molecule has 0 radical (unpaired) electrons. The topological polar surface area (TPSA) is 46.5 Å². The van der Waals surface area contributed by atoms with E-state index in [1.807, 2.05) is 0 Å². The zero-order valence-electron chi connectivity index (χ0n) is 5.68. The molecule has 0 aromatic rings. The zero-order chi connectivity index (χ0) is 9.07. The Kier molecular flexibility index (Phi) is 3.31. The van der Waals surface area contributed by atoms with E-state index in [2.05, 4.69) is 4.74 Å². The third-order valence-corrected chi connectivity index (χ3v) is 1.01. The van der Waals surface area contributed by atoms with Gasteiger partial charge in [0.2, 0.25) is 0 Å². The van der Waals surface area contributed by atoms with Gasteiger partial charge in [0.25, 0.3) is 0 Å². The number of ether oxygens (including phenoxy) is 1. The van der Waals surface area contributed by atoms with Crippen LogP contribution in [0.5, 0.6) is 0 Å². The predicted octanol–water partition coefficient (Wildman–Crippen LogP) is 1.04. The molecule has 0 aromatic heterocycles. The Hall–Kier alpha value is -0.780. The highest BCUT2D eigenvalue weighted by Crippen LogP contribution is 2.24. The minimum absolute atomic E-state index is 0.821. The lowest BCUT2D eigenvalue weighted by atomic mass is 10.2. The molecule has 0 aliphatic carbocycles. The molecule has 0 heterocycles. The van der Waals surface area contributed by atoms with E-state index in [9.17, 15) is 18.0 Å². The lowest BCUT2D eigenvalue weighted by molar-refractivity contribution is -0.216. The quantitative estimate of drug-likeness (QED) is 0.691. The van der Waals surface area contributed by atoms with Gasteiger partial charge < -0.3 is 9.84 Å². The van der Waals surface area contributed by atoms with E-state index in [-0.39, 0.29) is 0 Å². The lowest BCUT2D eigenvalue weighted by Gasteiger charge is -2.15. The number of carboxylic acids is 1. The summed E-state index contributed by atoms with van der Waals surface area (Å²) in [5.41, 5.74) is 0. The summed E-state index contributed by atoms with van der Waals surface area (Å²) in [6.07, 6.45) is -7.87. The van der Waals surface area contributed by atoms with Crippen LogP contribution in [0.25, 0.3) is 0 Å². The number of rotatable bonds is 3. The summed E-state index contributed by atoms with van der Waals surface area (Å²) in [4.78, 5) is 9.84.